The largest absolute Gasteiger partial charge is 0.325 e. The van der Waals surface area contributed by atoms with Crippen LogP contribution in [0.15, 0.2) is 21.5 Å². The highest BCUT2D eigenvalue weighted by Crippen LogP contribution is 2.16. The van der Waals surface area contributed by atoms with E-state index in [-0.39, 0.29) is 23.9 Å². The second kappa shape index (κ2) is 7.81. The first-order valence-electron chi connectivity index (χ1n) is 6.43. The van der Waals surface area contributed by atoms with Gasteiger partial charge in [-0.25, -0.2) is 0 Å². The van der Waals surface area contributed by atoms with Gasteiger partial charge in [0.1, 0.15) is 0 Å². The predicted octanol–water partition coefficient (Wildman–Crippen LogP) is 1.90. The van der Waals surface area contributed by atoms with Gasteiger partial charge in [0.25, 0.3) is 5.56 Å². The van der Waals surface area contributed by atoms with Crippen LogP contribution in [0.25, 0.3) is 0 Å². The smallest absolute Gasteiger partial charge is 0.264 e. The lowest BCUT2D eigenvalue weighted by Gasteiger charge is -2.10. The van der Waals surface area contributed by atoms with Crippen LogP contribution >= 0.6 is 28.3 Å². The Morgan fingerprint density at radius 2 is 2.35 bits per heavy atom. The summed E-state index contributed by atoms with van der Waals surface area (Å²) in [6.07, 6.45) is 4.21. The van der Waals surface area contributed by atoms with Gasteiger partial charge in [-0.2, -0.15) is 0 Å². The van der Waals surface area contributed by atoms with Crippen LogP contribution in [-0.2, 0) is 11.8 Å². The lowest BCUT2D eigenvalue weighted by molar-refractivity contribution is -0.116. The molecule has 1 unspecified atom stereocenters. The number of carbonyl (C=O) groups is 1. The fourth-order valence-corrected chi connectivity index (χ4v) is 2.79. The Hall–Kier alpha value is -0.850. The molecule has 2 N–H and O–H groups in total. The summed E-state index contributed by atoms with van der Waals surface area (Å²) >= 11 is 3.19. The van der Waals surface area contributed by atoms with Crippen molar-refractivity contribution in [1.29, 1.82) is 0 Å². The molecule has 7 heteroatoms. The number of aromatic nitrogens is 1. The van der Waals surface area contributed by atoms with Crippen LogP contribution in [0.5, 0.6) is 0 Å². The van der Waals surface area contributed by atoms with Gasteiger partial charge in [-0.15, -0.1) is 12.4 Å². The monoisotopic (exact) mass is 363 g/mol. The van der Waals surface area contributed by atoms with Crippen molar-refractivity contribution in [1.82, 2.24) is 9.88 Å². The maximum Gasteiger partial charge on any atom is 0.264 e. The van der Waals surface area contributed by atoms with Crippen molar-refractivity contribution in [3.05, 3.63) is 27.1 Å². The molecule has 0 spiro atoms. The molecule has 1 aromatic rings. The van der Waals surface area contributed by atoms with Crippen LogP contribution in [0.2, 0.25) is 0 Å². The Labute approximate surface area is 132 Å². The first kappa shape index (κ1) is 17.2. The molecule has 0 aromatic carbocycles. The van der Waals surface area contributed by atoms with E-state index < -0.39 is 0 Å². The average molecular weight is 365 g/mol. The standard InChI is InChI=1S/C13H18BrN3O2.ClH/c1-17-8-10(6-11(14)13(17)19)16-12(18)3-2-9-4-5-15-7-9;/h6,8-9,15H,2-5,7H2,1H3,(H,16,18);1H. The van der Waals surface area contributed by atoms with Gasteiger partial charge in [0.05, 0.1) is 10.2 Å². The van der Waals surface area contributed by atoms with E-state index in [0.29, 0.717) is 22.5 Å². The summed E-state index contributed by atoms with van der Waals surface area (Å²) in [6, 6.07) is 1.64. The third-order valence-electron chi connectivity index (χ3n) is 3.37. The third kappa shape index (κ3) is 4.61. The number of anilines is 1. The summed E-state index contributed by atoms with van der Waals surface area (Å²) in [5.41, 5.74) is 0.526. The minimum atomic E-state index is -0.116. The molecule has 1 saturated heterocycles. The average Bonchev–Trinajstić information content (AvgIpc) is 2.86. The minimum absolute atomic E-state index is 0. The quantitative estimate of drug-likeness (QED) is 0.858. The molecule has 1 atom stereocenters. The third-order valence-corrected chi connectivity index (χ3v) is 3.93. The number of rotatable bonds is 4. The molecule has 0 saturated carbocycles. The van der Waals surface area contributed by atoms with E-state index in [2.05, 4.69) is 26.6 Å². The number of pyridine rings is 1. The minimum Gasteiger partial charge on any atom is -0.325 e. The SMILES string of the molecule is Cl.Cn1cc(NC(=O)CCC2CCNC2)cc(Br)c1=O. The van der Waals surface area contributed by atoms with Gasteiger partial charge >= 0.3 is 0 Å². The van der Waals surface area contributed by atoms with E-state index in [9.17, 15) is 9.59 Å². The van der Waals surface area contributed by atoms with E-state index in [1.54, 1.807) is 19.3 Å². The highest BCUT2D eigenvalue weighted by Gasteiger charge is 2.15. The number of hydrogen-bond acceptors (Lipinski definition) is 3. The highest BCUT2D eigenvalue weighted by molar-refractivity contribution is 9.10. The van der Waals surface area contributed by atoms with Crippen molar-refractivity contribution in [2.45, 2.75) is 19.3 Å². The van der Waals surface area contributed by atoms with Gasteiger partial charge in [-0.1, -0.05) is 0 Å². The summed E-state index contributed by atoms with van der Waals surface area (Å²) in [7, 11) is 1.66. The van der Waals surface area contributed by atoms with Crippen LogP contribution in [-0.4, -0.2) is 23.6 Å². The van der Waals surface area contributed by atoms with Gasteiger partial charge in [0.15, 0.2) is 0 Å². The molecule has 0 radical (unpaired) electrons. The topological polar surface area (TPSA) is 63.1 Å². The van der Waals surface area contributed by atoms with Crippen molar-refractivity contribution in [3.63, 3.8) is 0 Å². The Balaban J connectivity index is 0.00000200. The second-order valence-corrected chi connectivity index (χ2v) is 5.79. The van der Waals surface area contributed by atoms with Crippen molar-refractivity contribution in [2.75, 3.05) is 18.4 Å². The molecule has 1 amide bonds. The Morgan fingerprint density at radius 1 is 1.60 bits per heavy atom. The van der Waals surface area contributed by atoms with Gasteiger partial charge in [-0.05, 0) is 53.8 Å². The fraction of sp³-hybridized carbons (Fsp3) is 0.538. The van der Waals surface area contributed by atoms with E-state index >= 15 is 0 Å². The van der Waals surface area contributed by atoms with Crippen LogP contribution in [0.4, 0.5) is 5.69 Å². The molecule has 0 bridgehead atoms. The maximum absolute atomic E-state index is 11.8. The molecular formula is C13H19BrClN3O2. The van der Waals surface area contributed by atoms with E-state index in [1.807, 2.05) is 0 Å². The fourth-order valence-electron chi connectivity index (χ4n) is 2.26. The zero-order valence-electron chi connectivity index (χ0n) is 11.3. The van der Waals surface area contributed by atoms with Crippen LogP contribution < -0.4 is 16.2 Å². The molecular weight excluding hydrogens is 346 g/mol. The highest BCUT2D eigenvalue weighted by atomic mass is 79.9. The summed E-state index contributed by atoms with van der Waals surface area (Å²) in [5.74, 6) is 0.607. The van der Waals surface area contributed by atoms with E-state index in [0.717, 1.165) is 25.9 Å². The Kier molecular flexibility index (Phi) is 6.71. The molecule has 20 heavy (non-hydrogen) atoms. The van der Waals surface area contributed by atoms with Crippen molar-refractivity contribution in [3.8, 4) is 0 Å². The number of hydrogen-bond donors (Lipinski definition) is 2. The van der Waals surface area contributed by atoms with Crippen molar-refractivity contribution >= 4 is 39.9 Å². The number of carbonyl (C=O) groups excluding carboxylic acids is 1. The first-order chi connectivity index (χ1) is 9.06. The van der Waals surface area contributed by atoms with Crippen molar-refractivity contribution in [2.24, 2.45) is 13.0 Å². The van der Waals surface area contributed by atoms with Crippen molar-refractivity contribution < 1.29 is 4.79 Å². The van der Waals surface area contributed by atoms with E-state index in [4.69, 9.17) is 0 Å². The Morgan fingerprint density at radius 3 is 2.95 bits per heavy atom. The second-order valence-electron chi connectivity index (χ2n) is 4.94. The molecule has 2 rings (SSSR count). The number of aryl methyl sites for hydroxylation is 1. The molecule has 0 aliphatic carbocycles. The van der Waals surface area contributed by atoms with Gasteiger partial charge in [0.2, 0.25) is 5.91 Å². The predicted molar refractivity (Wildman–Crippen MR) is 85.5 cm³/mol. The molecule has 1 aliphatic heterocycles. The van der Waals surface area contributed by atoms with Crippen LogP contribution in [0.1, 0.15) is 19.3 Å². The molecule has 1 aromatic heterocycles. The summed E-state index contributed by atoms with van der Waals surface area (Å²) < 4.78 is 1.90. The number of halogens is 2. The lowest BCUT2D eigenvalue weighted by Crippen LogP contribution is -2.20. The molecule has 1 aliphatic rings. The first-order valence-corrected chi connectivity index (χ1v) is 7.22. The van der Waals surface area contributed by atoms with Crippen LogP contribution in [0.3, 0.4) is 0 Å². The number of nitrogens with zero attached hydrogens (tertiary/aromatic N) is 1. The summed E-state index contributed by atoms with van der Waals surface area (Å²) in [4.78, 5) is 23.3. The van der Waals surface area contributed by atoms with Gasteiger partial charge in [-0.3, -0.25) is 9.59 Å². The Bertz CT molecular complexity index is 501. The number of nitrogens with one attached hydrogen (secondary N) is 2. The van der Waals surface area contributed by atoms with Gasteiger partial charge in [0, 0.05) is 19.7 Å². The summed E-state index contributed by atoms with van der Waals surface area (Å²) in [6.45, 7) is 2.07. The summed E-state index contributed by atoms with van der Waals surface area (Å²) in [5, 5.41) is 6.12. The number of amides is 1. The van der Waals surface area contributed by atoms with Crippen LogP contribution in [0, 0.1) is 5.92 Å². The lowest BCUT2D eigenvalue weighted by atomic mass is 10.0. The molecule has 1 fully saturated rings. The van der Waals surface area contributed by atoms with E-state index in [1.165, 1.54) is 4.57 Å². The van der Waals surface area contributed by atoms with Gasteiger partial charge < -0.3 is 15.2 Å². The molecule has 112 valence electrons. The maximum atomic E-state index is 11.8. The normalized spacial score (nSPS) is 17.6. The molecule has 2 heterocycles. The molecule has 5 nitrogen and oxygen atoms in total. The zero-order chi connectivity index (χ0) is 13.8. The zero-order valence-corrected chi connectivity index (χ0v) is 13.7.